The van der Waals surface area contributed by atoms with Crippen molar-refractivity contribution in [1.29, 1.82) is 0 Å². The minimum atomic E-state index is -0.584. The third-order valence-corrected chi connectivity index (χ3v) is 1.68. The summed E-state index contributed by atoms with van der Waals surface area (Å²) in [6.07, 6.45) is 4.16. The molecule has 4 heteroatoms. The van der Waals surface area contributed by atoms with Crippen LogP contribution in [0.4, 0.5) is 4.39 Å². The molecule has 0 amide bonds. The maximum Gasteiger partial charge on any atom is 0.331 e. The molecule has 0 fully saturated rings. The molecule has 0 aromatic carbocycles. The van der Waals surface area contributed by atoms with Crippen molar-refractivity contribution >= 4 is 12.3 Å². The van der Waals surface area contributed by atoms with E-state index in [4.69, 9.17) is 0 Å². The van der Waals surface area contributed by atoms with Gasteiger partial charge in [0.1, 0.15) is 12.1 Å². The Morgan fingerprint density at radius 3 is 2.44 bits per heavy atom. The number of allylic oxidation sites excluding steroid dienone is 5. The van der Waals surface area contributed by atoms with Gasteiger partial charge in [0.2, 0.25) is 0 Å². The summed E-state index contributed by atoms with van der Waals surface area (Å²) in [7, 11) is 0. The van der Waals surface area contributed by atoms with Crippen molar-refractivity contribution in [2.75, 3.05) is 6.61 Å². The van der Waals surface area contributed by atoms with Crippen LogP contribution in [0.3, 0.4) is 0 Å². The van der Waals surface area contributed by atoms with E-state index in [9.17, 15) is 14.0 Å². The highest BCUT2D eigenvalue weighted by Crippen LogP contribution is 2.11. The molecule has 0 saturated carbocycles. The van der Waals surface area contributed by atoms with Crippen molar-refractivity contribution in [3.05, 3.63) is 35.2 Å². The molecule has 0 saturated heterocycles. The molecule has 0 unspecified atom stereocenters. The average molecular weight is 226 g/mol. The first-order valence-electron chi connectivity index (χ1n) is 4.86. The lowest BCUT2D eigenvalue weighted by molar-refractivity contribution is -0.137. The Morgan fingerprint density at radius 2 is 1.94 bits per heavy atom. The van der Waals surface area contributed by atoms with Crippen LogP contribution < -0.4 is 0 Å². The monoisotopic (exact) mass is 226 g/mol. The van der Waals surface area contributed by atoms with Crippen molar-refractivity contribution in [2.24, 2.45) is 0 Å². The van der Waals surface area contributed by atoms with E-state index < -0.39 is 11.8 Å². The highest BCUT2D eigenvalue weighted by molar-refractivity contribution is 5.83. The molecule has 0 rings (SSSR count). The average Bonchev–Trinajstić information content (AvgIpc) is 2.25. The Hall–Kier alpha value is -1.71. The van der Waals surface area contributed by atoms with Crippen LogP contribution >= 0.6 is 0 Å². The third-order valence-electron chi connectivity index (χ3n) is 1.68. The zero-order chi connectivity index (χ0) is 12.6. The zero-order valence-electron chi connectivity index (χ0n) is 9.62. The molecule has 0 atom stereocenters. The highest BCUT2D eigenvalue weighted by Gasteiger charge is 2.01. The number of hydrogen-bond donors (Lipinski definition) is 0. The van der Waals surface area contributed by atoms with Gasteiger partial charge in [-0.1, -0.05) is 6.08 Å². The smallest absolute Gasteiger partial charge is 0.331 e. The first-order valence-corrected chi connectivity index (χ1v) is 4.86. The fourth-order valence-corrected chi connectivity index (χ4v) is 0.805. The Kier molecular flexibility index (Phi) is 6.76. The van der Waals surface area contributed by atoms with Crippen molar-refractivity contribution in [3.8, 4) is 0 Å². The van der Waals surface area contributed by atoms with E-state index >= 15 is 0 Å². The molecule has 0 N–H and O–H groups in total. The standard InChI is InChI=1S/C12H15FO3/c1-4-16-12(15)7-10(3)11(13)6-5-9(2)8-14/h5-8H,4H2,1-3H3/b9-5+,10-7+,11-6-. The van der Waals surface area contributed by atoms with Crippen LogP contribution in [0.2, 0.25) is 0 Å². The van der Waals surface area contributed by atoms with Crippen LogP contribution in [0.25, 0.3) is 0 Å². The molecule has 0 aromatic rings. The van der Waals surface area contributed by atoms with Gasteiger partial charge in [0.05, 0.1) is 6.61 Å². The molecule has 0 radical (unpaired) electrons. The summed E-state index contributed by atoms with van der Waals surface area (Å²) >= 11 is 0. The van der Waals surface area contributed by atoms with Gasteiger partial charge in [-0.25, -0.2) is 9.18 Å². The molecule has 0 aliphatic rings. The predicted molar refractivity (Wildman–Crippen MR) is 59.4 cm³/mol. The molecule has 0 aliphatic carbocycles. The van der Waals surface area contributed by atoms with Crippen LogP contribution in [0.15, 0.2) is 35.2 Å². The lowest BCUT2D eigenvalue weighted by atomic mass is 10.2. The van der Waals surface area contributed by atoms with E-state index in [-0.39, 0.29) is 12.2 Å². The molecule has 0 spiro atoms. The summed E-state index contributed by atoms with van der Waals surface area (Å²) in [6, 6.07) is 0. The third kappa shape index (κ3) is 5.90. The number of carbonyl (C=O) groups excluding carboxylic acids is 2. The van der Waals surface area contributed by atoms with Gasteiger partial charge in [0.15, 0.2) is 0 Å². The van der Waals surface area contributed by atoms with E-state index in [1.165, 1.54) is 13.0 Å². The van der Waals surface area contributed by atoms with Gasteiger partial charge in [-0.3, -0.25) is 4.79 Å². The minimum Gasteiger partial charge on any atom is -0.463 e. The summed E-state index contributed by atoms with van der Waals surface area (Å²) < 4.78 is 17.9. The molecular formula is C12H15FO3. The molecule has 3 nitrogen and oxygen atoms in total. The molecule has 16 heavy (non-hydrogen) atoms. The van der Waals surface area contributed by atoms with Gasteiger partial charge in [-0.2, -0.15) is 0 Å². The lowest BCUT2D eigenvalue weighted by Crippen LogP contribution is -2.00. The number of carbonyl (C=O) groups is 2. The quantitative estimate of drug-likeness (QED) is 0.313. The van der Waals surface area contributed by atoms with Gasteiger partial charge < -0.3 is 4.74 Å². The molecular weight excluding hydrogens is 211 g/mol. The normalized spacial score (nSPS) is 13.6. The number of rotatable bonds is 5. The van der Waals surface area contributed by atoms with E-state index in [0.29, 0.717) is 11.9 Å². The van der Waals surface area contributed by atoms with Crippen LogP contribution in [-0.4, -0.2) is 18.9 Å². The number of aldehydes is 1. The first kappa shape index (κ1) is 14.3. The lowest BCUT2D eigenvalue weighted by Gasteiger charge is -1.98. The number of halogens is 1. The van der Waals surface area contributed by atoms with Crippen LogP contribution in [0, 0.1) is 0 Å². The number of hydrogen-bond acceptors (Lipinski definition) is 3. The Morgan fingerprint density at radius 1 is 1.31 bits per heavy atom. The van der Waals surface area contributed by atoms with Gasteiger partial charge in [0, 0.05) is 6.08 Å². The molecule has 0 bridgehead atoms. The molecule has 88 valence electrons. The zero-order valence-corrected chi connectivity index (χ0v) is 9.62. The first-order chi connectivity index (χ1) is 7.51. The van der Waals surface area contributed by atoms with E-state index in [0.717, 1.165) is 12.2 Å². The van der Waals surface area contributed by atoms with Crippen molar-refractivity contribution in [3.63, 3.8) is 0 Å². The Balaban J connectivity index is 4.66. The van der Waals surface area contributed by atoms with Crippen molar-refractivity contribution in [1.82, 2.24) is 0 Å². The summed E-state index contributed by atoms with van der Waals surface area (Å²) in [5, 5.41) is 0. The molecule has 0 aromatic heterocycles. The number of esters is 1. The Bertz CT molecular complexity index is 351. The van der Waals surface area contributed by atoms with Gasteiger partial charge in [-0.05, 0) is 38.0 Å². The van der Waals surface area contributed by atoms with Crippen molar-refractivity contribution in [2.45, 2.75) is 20.8 Å². The van der Waals surface area contributed by atoms with Crippen LogP contribution in [-0.2, 0) is 14.3 Å². The summed E-state index contributed by atoms with van der Waals surface area (Å²) in [6.45, 7) is 4.93. The summed E-state index contributed by atoms with van der Waals surface area (Å²) in [5.41, 5.74) is 0.562. The SMILES string of the molecule is CCOC(=O)/C=C(C)/C(F)=C/C=C(\C)C=O. The maximum atomic E-state index is 13.3. The second kappa shape index (κ2) is 7.56. The number of ether oxygens (including phenoxy) is 1. The predicted octanol–water partition coefficient (Wildman–Crippen LogP) is 2.49. The Labute approximate surface area is 94.3 Å². The van der Waals surface area contributed by atoms with Crippen LogP contribution in [0.1, 0.15) is 20.8 Å². The van der Waals surface area contributed by atoms with E-state index in [1.807, 2.05) is 0 Å². The van der Waals surface area contributed by atoms with Gasteiger partial charge >= 0.3 is 5.97 Å². The fourth-order valence-electron chi connectivity index (χ4n) is 0.805. The highest BCUT2D eigenvalue weighted by atomic mass is 19.1. The molecule has 0 aliphatic heterocycles. The fraction of sp³-hybridized carbons (Fsp3) is 0.333. The van der Waals surface area contributed by atoms with E-state index in [2.05, 4.69) is 4.74 Å². The maximum absolute atomic E-state index is 13.3. The summed E-state index contributed by atoms with van der Waals surface area (Å²) in [5.74, 6) is -1.16. The van der Waals surface area contributed by atoms with Gasteiger partial charge in [0.25, 0.3) is 0 Å². The largest absolute Gasteiger partial charge is 0.463 e. The van der Waals surface area contributed by atoms with Crippen LogP contribution in [0.5, 0.6) is 0 Å². The minimum absolute atomic E-state index is 0.161. The second-order valence-electron chi connectivity index (χ2n) is 3.12. The van der Waals surface area contributed by atoms with Gasteiger partial charge in [-0.15, -0.1) is 0 Å². The van der Waals surface area contributed by atoms with Crippen molar-refractivity contribution < 1.29 is 18.7 Å². The molecule has 0 heterocycles. The second-order valence-corrected chi connectivity index (χ2v) is 3.12. The summed E-state index contributed by atoms with van der Waals surface area (Å²) in [4.78, 5) is 21.2. The van der Waals surface area contributed by atoms with E-state index in [1.54, 1.807) is 13.8 Å². The topological polar surface area (TPSA) is 43.4 Å².